The van der Waals surface area contributed by atoms with Crippen LogP contribution in [0.5, 0.6) is 5.75 Å². The molecule has 1 aromatic rings. The van der Waals surface area contributed by atoms with E-state index in [1.807, 2.05) is 0 Å². The van der Waals surface area contributed by atoms with Crippen LogP contribution in [0.15, 0.2) is 12.1 Å². The summed E-state index contributed by atoms with van der Waals surface area (Å²) < 4.78 is 0. The minimum Gasteiger partial charge on any atom is -0.508 e. The van der Waals surface area contributed by atoms with Crippen LogP contribution in [0.2, 0.25) is 0 Å². The van der Waals surface area contributed by atoms with Crippen LogP contribution in [0.1, 0.15) is 0 Å². The van der Waals surface area contributed by atoms with Crippen molar-refractivity contribution in [3.63, 3.8) is 0 Å². The summed E-state index contributed by atoms with van der Waals surface area (Å²) in [6.45, 7) is 0. The fourth-order valence-electron chi connectivity index (χ4n) is 0.827. The highest BCUT2D eigenvalue weighted by Crippen LogP contribution is 2.03. The minimum absolute atomic E-state index is 0.408. The lowest BCUT2D eigenvalue weighted by atomic mass is 10.3. The van der Waals surface area contributed by atoms with Gasteiger partial charge in [0.15, 0.2) is 0 Å². The monoisotopic (exact) mass is 169 g/mol. The number of hydrogen-bond acceptors (Lipinski definition) is 2. The molecular formula is C6H11NOSi2. The van der Waals surface area contributed by atoms with E-state index in [1.54, 1.807) is 12.1 Å². The van der Waals surface area contributed by atoms with Gasteiger partial charge in [-0.05, 0) is 22.5 Å². The van der Waals surface area contributed by atoms with Crippen LogP contribution in [0.3, 0.4) is 0 Å². The summed E-state index contributed by atoms with van der Waals surface area (Å²) in [5, 5.41) is 11.4. The predicted molar refractivity (Wildman–Crippen MR) is 51.7 cm³/mol. The number of hydrogen-bond donors (Lipinski definition) is 2. The molecule has 0 saturated carbocycles. The molecule has 0 spiro atoms. The average molecular weight is 169 g/mol. The van der Waals surface area contributed by atoms with Gasteiger partial charge in [-0.25, -0.2) is 0 Å². The SMILES string of the molecule is Nc1ccc(O)c([SiH3])c1[SiH3]. The summed E-state index contributed by atoms with van der Waals surface area (Å²) in [6.07, 6.45) is 0. The first-order valence-electron chi connectivity index (χ1n) is 3.17. The zero-order chi connectivity index (χ0) is 7.72. The molecule has 0 bridgehead atoms. The highest BCUT2D eigenvalue weighted by atomic mass is 28.2. The number of anilines is 1. The summed E-state index contributed by atoms with van der Waals surface area (Å²) in [4.78, 5) is 0. The van der Waals surface area contributed by atoms with Gasteiger partial charge in [0.05, 0.1) is 0 Å². The molecule has 0 atom stereocenters. The normalized spacial score (nSPS) is 10.4. The number of nitrogens with two attached hydrogens (primary N) is 1. The third-order valence-corrected chi connectivity index (χ3v) is 5.39. The van der Waals surface area contributed by atoms with Gasteiger partial charge < -0.3 is 10.8 Å². The van der Waals surface area contributed by atoms with E-state index in [1.165, 1.54) is 0 Å². The zero-order valence-corrected chi connectivity index (χ0v) is 10.2. The molecule has 0 aliphatic rings. The molecular weight excluding hydrogens is 158 g/mol. The maximum absolute atomic E-state index is 9.23. The molecule has 4 heteroatoms. The molecule has 0 saturated heterocycles. The second-order valence-electron chi connectivity index (χ2n) is 2.42. The van der Waals surface area contributed by atoms with Gasteiger partial charge in [-0.3, -0.25) is 0 Å². The molecule has 1 aromatic carbocycles. The number of rotatable bonds is 0. The highest BCUT2D eigenvalue weighted by Gasteiger charge is 2.00. The van der Waals surface area contributed by atoms with E-state index in [-0.39, 0.29) is 0 Å². The zero-order valence-electron chi connectivity index (χ0n) is 6.18. The van der Waals surface area contributed by atoms with Crippen LogP contribution in [0, 0.1) is 0 Å². The lowest BCUT2D eigenvalue weighted by Gasteiger charge is -2.05. The summed E-state index contributed by atoms with van der Waals surface area (Å²) in [6, 6.07) is 3.43. The van der Waals surface area contributed by atoms with Crippen molar-refractivity contribution < 1.29 is 5.11 Å². The quantitative estimate of drug-likeness (QED) is 0.246. The second kappa shape index (κ2) is 2.47. The number of benzene rings is 1. The molecule has 10 heavy (non-hydrogen) atoms. The van der Waals surface area contributed by atoms with E-state index in [0.717, 1.165) is 36.5 Å². The summed E-state index contributed by atoms with van der Waals surface area (Å²) in [7, 11) is 1.81. The van der Waals surface area contributed by atoms with Crippen LogP contribution in [0.4, 0.5) is 5.69 Å². The van der Waals surface area contributed by atoms with Gasteiger partial charge in [0.1, 0.15) is 5.75 Å². The van der Waals surface area contributed by atoms with Gasteiger partial charge in [0, 0.05) is 26.2 Å². The molecule has 2 nitrogen and oxygen atoms in total. The fraction of sp³-hybridized carbons (Fsp3) is 0. The lowest BCUT2D eigenvalue weighted by Crippen LogP contribution is -2.28. The Balaban J connectivity index is 3.34. The minimum atomic E-state index is 0.408. The molecule has 0 heterocycles. The van der Waals surface area contributed by atoms with Gasteiger partial charge in [-0.1, -0.05) is 0 Å². The van der Waals surface area contributed by atoms with Gasteiger partial charge >= 0.3 is 0 Å². The topological polar surface area (TPSA) is 46.2 Å². The highest BCUT2D eigenvalue weighted by molar-refractivity contribution is 6.51. The maximum atomic E-state index is 9.23. The van der Waals surface area contributed by atoms with Gasteiger partial charge in [-0.2, -0.15) is 0 Å². The summed E-state index contributed by atoms with van der Waals surface area (Å²) >= 11 is 0. The van der Waals surface area contributed by atoms with E-state index >= 15 is 0 Å². The van der Waals surface area contributed by atoms with Gasteiger partial charge in [0.25, 0.3) is 0 Å². The number of nitrogen functional groups attached to an aromatic ring is 1. The standard InChI is InChI=1S/C6H11NOSi2/c7-3-1-2-4(8)6(10)5(3)9/h1-2,8H,7H2,9-10H3. The molecule has 0 aliphatic carbocycles. The van der Waals surface area contributed by atoms with E-state index < -0.39 is 0 Å². The molecule has 0 fully saturated rings. The third kappa shape index (κ3) is 1.07. The Hall–Kier alpha value is -0.746. The number of aromatic hydroxyl groups is 1. The summed E-state index contributed by atoms with van der Waals surface area (Å²) in [5.74, 6) is 0.408. The third-order valence-electron chi connectivity index (χ3n) is 1.80. The Morgan fingerprint density at radius 2 is 1.80 bits per heavy atom. The van der Waals surface area contributed by atoms with Crippen molar-refractivity contribution in [2.75, 3.05) is 5.73 Å². The Morgan fingerprint density at radius 3 is 2.30 bits per heavy atom. The molecule has 0 unspecified atom stereocenters. The molecule has 3 N–H and O–H groups in total. The predicted octanol–water partition coefficient (Wildman–Crippen LogP) is -3.04. The van der Waals surface area contributed by atoms with Crippen LogP contribution < -0.4 is 16.1 Å². The Bertz CT molecular complexity index is 235. The van der Waals surface area contributed by atoms with Crippen molar-refractivity contribution in [3.05, 3.63) is 12.1 Å². The van der Waals surface area contributed by atoms with Gasteiger partial charge in [-0.15, -0.1) is 0 Å². The first-order chi connectivity index (χ1) is 4.63. The van der Waals surface area contributed by atoms with Crippen molar-refractivity contribution in [1.29, 1.82) is 0 Å². The van der Waals surface area contributed by atoms with Crippen LogP contribution in [-0.2, 0) is 0 Å². The van der Waals surface area contributed by atoms with Gasteiger partial charge in [0.2, 0.25) is 0 Å². The first-order valence-corrected chi connectivity index (χ1v) is 5.17. The van der Waals surface area contributed by atoms with Crippen LogP contribution in [0.25, 0.3) is 0 Å². The molecule has 0 aliphatic heterocycles. The Morgan fingerprint density at radius 1 is 1.20 bits per heavy atom. The van der Waals surface area contributed by atoms with Crippen molar-refractivity contribution in [2.24, 2.45) is 0 Å². The maximum Gasteiger partial charge on any atom is 0.113 e. The van der Waals surface area contributed by atoms with E-state index in [4.69, 9.17) is 5.73 Å². The second-order valence-corrected chi connectivity index (χ2v) is 4.42. The summed E-state index contributed by atoms with van der Waals surface area (Å²) in [5.41, 5.74) is 6.46. The van der Waals surface area contributed by atoms with Crippen molar-refractivity contribution in [1.82, 2.24) is 0 Å². The average Bonchev–Trinajstić information content (AvgIpc) is 1.93. The van der Waals surface area contributed by atoms with Crippen molar-refractivity contribution >= 4 is 36.5 Å². The van der Waals surface area contributed by atoms with E-state index in [0.29, 0.717) is 5.75 Å². The number of phenols is 1. The number of phenolic OH excluding ortho intramolecular Hbond substituents is 1. The molecule has 0 amide bonds. The largest absolute Gasteiger partial charge is 0.508 e. The first kappa shape index (κ1) is 7.36. The molecule has 1 rings (SSSR count). The molecule has 0 radical (unpaired) electrons. The fourth-order valence-corrected chi connectivity index (χ4v) is 1.71. The Labute approximate surface area is 65.9 Å². The lowest BCUT2D eigenvalue weighted by molar-refractivity contribution is 0.480. The smallest absolute Gasteiger partial charge is 0.113 e. The van der Waals surface area contributed by atoms with Crippen molar-refractivity contribution in [3.8, 4) is 5.75 Å². The Kier molecular flexibility index (Phi) is 1.82. The van der Waals surface area contributed by atoms with E-state index in [2.05, 4.69) is 0 Å². The van der Waals surface area contributed by atoms with Crippen LogP contribution in [-0.4, -0.2) is 25.6 Å². The van der Waals surface area contributed by atoms with Crippen LogP contribution >= 0.6 is 0 Å². The van der Waals surface area contributed by atoms with Crippen molar-refractivity contribution in [2.45, 2.75) is 0 Å². The van der Waals surface area contributed by atoms with E-state index in [9.17, 15) is 5.11 Å². The molecule has 0 aromatic heterocycles. The molecule has 54 valence electrons.